The molecule has 4 heteroatoms. The highest BCUT2D eigenvalue weighted by molar-refractivity contribution is 7.15. The van der Waals surface area contributed by atoms with E-state index in [4.69, 9.17) is 0 Å². The van der Waals surface area contributed by atoms with Gasteiger partial charge in [0.25, 0.3) is 0 Å². The molecule has 1 N–H and O–H groups in total. The molecule has 2 rings (SSSR count). The van der Waals surface area contributed by atoms with E-state index in [1.807, 2.05) is 17.5 Å². The van der Waals surface area contributed by atoms with Gasteiger partial charge in [0.15, 0.2) is 5.13 Å². The van der Waals surface area contributed by atoms with Crippen molar-refractivity contribution < 1.29 is 0 Å². The van der Waals surface area contributed by atoms with Crippen molar-refractivity contribution in [3.8, 4) is 0 Å². The summed E-state index contributed by atoms with van der Waals surface area (Å²) in [4.78, 5) is 8.53. The number of rotatable bonds is 7. The minimum atomic E-state index is 0.165. The smallest absolute Gasteiger partial charge is 0.185 e. The topological polar surface area (TPSA) is 28.2 Å². The van der Waals surface area contributed by atoms with Crippen molar-refractivity contribution in [3.05, 3.63) is 11.1 Å². The van der Waals surface area contributed by atoms with Gasteiger partial charge in [-0.25, -0.2) is 4.98 Å². The highest BCUT2D eigenvalue weighted by Crippen LogP contribution is 2.34. The zero-order valence-electron chi connectivity index (χ0n) is 13.6. The maximum Gasteiger partial charge on any atom is 0.185 e. The second-order valence-corrected chi connectivity index (χ2v) is 8.41. The van der Waals surface area contributed by atoms with Crippen molar-refractivity contribution in [1.29, 1.82) is 0 Å². The lowest BCUT2D eigenvalue weighted by Crippen LogP contribution is -2.34. The molecule has 1 heterocycles. The molecule has 1 aromatic heterocycles. The number of nitrogens with zero attached hydrogens (tertiary/aromatic N) is 2. The van der Waals surface area contributed by atoms with Gasteiger partial charge >= 0.3 is 0 Å². The molecule has 0 radical (unpaired) electrons. The third-order valence-electron chi connectivity index (χ3n) is 3.52. The fourth-order valence-electron chi connectivity index (χ4n) is 2.08. The summed E-state index contributed by atoms with van der Waals surface area (Å²) in [5, 5.41) is 4.76. The number of thiazole rings is 1. The molecule has 20 heavy (non-hydrogen) atoms. The second kappa shape index (κ2) is 6.44. The number of nitrogens with one attached hydrogen (secondary N) is 1. The minimum absolute atomic E-state index is 0.165. The molecule has 0 saturated heterocycles. The van der Waals surface area contributed by atoms with Crippen molar-refractivity contribution in [1.82, 2.24) is 10.3 Å². The Labute approximate surface area is 127 Å². The zero-order valence-corrected chi connectivity index (χ0v) is 14.4. The van der Waals surface area contributed by atoms with E-state index < -0.39 is 0 Å². The fourth-order valence-corrected chi connectivity index (χ4v) is 3.03. The average Bonchev–Trinajstić information content (AvgIpc) is 3.04. The molecular weight excluding hydrogens is 266 g/mol. The summed E-state index contributed by atoms with van der Waals surface area (Å²) in [7, 11) is 0. The maximum atomic E-state index is 4.66. The number of anilines is 1. The van der Waals surface area contributed by atoms with Gasteiger partial charge in [0.2, 0.25) is 0 Å². The van der Waals surface area contributed by atoms with Crippen LogP contribution in [0.15, 0.2) is 6.20 Å². The Morgan fingerprint density at radius 1 is 1.40 bits per heavy atom. The van der Waals surface area contributed by atoms with Gasteiger partial charge in [-0.2, -0.15) is 0 Å². The summed E-state index contributed by atoms with van der Waals surface area (Å²) in [6, 6.07) is 0.753. The first-order valence-corrected chi connectivity index (χ1v) is 8.63. The summed E-state index contributed by atoms with van der Waals surface area (Å²) in [5.41, 5.74) is 0.165. The van der Waals surface area contributed by atoms with E-state index in [1.165, 1.54) is 29.3 Å². The highest BCUT2D eigenvalue weighted by Gasteiger charge is 2.30. The van der Waals surface area contributed by atoms with Gasteiger partial charge in [-0.3, -0.25) is 0 Å². The largest absolute Gasteiger partial charge is 0.345 e. The first-order chi connectivity index (χ1) is 9.35. The minimum Gasteiger partial charge on any atom is -0.345 e. The molecule has 0 spiro atoms. The Balaban J connectivity index is 1.94. The Morgan fingerprint density at radius 2 is 2.10 bits per heavy atom. The molecule has 0 aromatic carbocycles. The zero-order chi connectivity index (χ0) is 14.8. The molecule has 114 valence electrons. The quantitative estimate of drug-likeness (QED) is 0.822. The van der Waals surface area contributed by atoms with Crippen molar-refractivity contribution in [3.63, 3.8) is 0 Å². The van der Waals surface area contributed by atoms with Crippen LogP contribution in [0.5, 0.6) is 0 Å². The Morgan fingerprint density at radius 3 is 2.65 bits per heavy atom. The molecule has 1 aromatic rings. The Bertz CT molecular complexity index is 416. The van der Waals surface area contributed by atoms with Crippen LogP contribution in [0.25, 0.3) is 0 Å². The first-order valence-electron chi connectivity index (χ1n) is 7.81. The van der Waals surface area contributed by atoms with Crippen molar-refractivity contribution >= 4 is 16.5 Å². The van der Waals surface area contributed by atoms with Gasteiger partial charge < -0.3 is 10.2 Å². The predicted molar refractivity (Wildman–Crippen MR) is 88.5 cm³/mol. The number of hydrogen-bond donors (Lipinski definition) is 1. The molecular formula is C16H29N3S. The van der Waals surface area contributed by atoms with Crippen LogP contribution in [0.4, 0.5) is 5.13 Å². The van der Waals surface area contributed by atoms with Crippen LogP contribution in [0, 0.1) is 5.92 Å². The van der Waals surface area contributed by atoms with Gasteiger partial charge in [0.05, 0.1) is 0 Å². The van der Waals surface area contributed by atoms with Crippen molar-refractivity contribution in [2.75, 3.05) is 11.4 Å². The van der Waals surface area contributed by atoms with E-state index >= 15 is 0 Å². The molecule has 1 aliphatic carbocycles. The van der Waals surface area contributed by atoms with Gasteiger partial charge in [-0.05, 0) is 46.0 Å². The lowest BCUT2D eigenvalue weighted by Gasteiger charge is -2.22. The fraction of sp³-hybridized carbons (Fsp3) is 0.812. The molecule has 1 aliphatic rings. The summed E-state index contributed by atoms with van der Waals surface area (Å²) < 4.78 is 0. The lowest BCUT2D eigenvalue weighted by atomic mass is 10.1. The van der Waals surface area contributed by atoms with Gasteiger partial charge in [0.1, 0.15) is 0 Å². The molecule has 0 aliphatic heterocycles. The Kier molecular flexibility index (Phi) is 5.08. The average molecular weight is 295 g/mol. The van der Waals surface area contributed by atoms with Crippen LogP contribution in [-0.2, 0) is 6.54 Å². The maximum absolute atomic E-state index is 4.66. The van der Waals surface area contributed by atoms with Crippen molar-refractivity contribution in [2.45, 2.75) is 72.0 Å². The summed E-state index contributed by atoms with van der Waals surface area (Å²) in [5.74, 6) is 0.762. The van der Waals surface area contributed by atoms with Crippen LogP contribution >= 0.6 is 11.3 Å². The van der Waals surface area contributed by atoms with Gasteiger partial charge in [-0.1, -0.05) is 13.8 Å². The summed E-state index contributed by atoms with van der Waals surface area (Å²) in [6.07, 6.45) is 5.98. The normalized spacial score (nSPS) is 15.9. The molecule has 3 nitrogen and oxygen atoms in total. The summed E-state index contributed by atoms with van der Waals surface area (Å²) >= 11 is 1.85. The van der Waals surface area contributed by atoms with Crippen LogP contribution in [0.2, 0.25) is 0 Å². The Hall–Kier alpha value is -0.610. The summed E-state index contributed by atoms with van der Waals surface area (Å²) in [6.45, 7) is 13.3. The second-order valence-electron chi connectivity index (χ2n) is 7.32. The predicted octanol–water partition coefficient (Wildman–Crippen LogP) is 4.05. The van der Waals surface area contributed by atoms with E-state index in [0.717, 1.165) is 25.0 Å². The molecule has 0 atom stereocenters. The molecule has 0 bridgehead atoms. The third kappa shape index (κ3) is 5.06. The SMILES string of the molecule is CC(C)CCN(c1ncc(CNC(C)(C)C)s1)C1CC1. The monoisotopic (exact) mass is 295 g/mol. The van der Waals surface area contributed by atoms with Gasteiger partial charge in [-0.15, -0.1) is 11.3 Å². The first kappa shape index (κ1) is 15.8. The molecule has 0 unspecified atom stereocenters. The third-order valence-corrected chi connectivity index (χ3v) is 4.55. The van der Waals surface area contributed by atoms with Crippen LogP contribution in [0.1, 0.15) is 58.8 Å². The van der Waals surface area contributed by atoms with Crippen molar-refractivity contribution in [2.24, 2.45) is 5.92 Å². The lowest BCUT2D eigenvalue weighted by molar-refractivity contribution is 0.426. The number of hydrogen-bond acceptors (Lipinski definition) is 4. The highest BCUT2D eigenvalue weighted by atomic mass is 32.1. The standard InChI is InChI=1S/C16H29N3S/c1-12(2)8-9-19(13-6-7-13)15-17-10-14(20-15)11-18-16(3,4)5/h10,12-13,18H,6-9,11H2,1-5H3. The number of aromatic nitrogens is 1. The molecule has 1 saturated carbocycles. The van der Waals surface area contributed by atoms with Crippen LogP contribution < -0.4 is 10.2 Å². The van der Waals surface area contributed by atoms with Crippen LogP contribution in [-0.4, -0.2) is 23.1 Å². The van der Waals surface area contributed by atoms with E-state index in [9.17, 15) is 0 Å². The molecule has 0 amide bonds. The van der Waals surface area contributed by atoms with Crippen LogP contribution in [0.3, 0.4) is 0 Å². The van der Waals surface area contributed by atoms with E-state index in [-0.39, 0.29) is 5.54 Å². The van der Waals surface area contributed by atoms with E-state index in [2.05, 4.69) is 49.8 Å². The van der Waals surface area contributed by atoms with Gasteiger partial charge in [0, 0.05) is 35.7 Å². The molecule has 1 fully saturated rings. The van der Waals surface area contributed by atoms with E-state index in [1.54, 1.807) is 0 Å². The van der Waals surface area contributed by atoms with E-state index in [0.29, 0.717) is 0 Å².